The van der Waals surface area contributed by atoms with Crippen molar-refractivity contribution < 1.29 is 13.0 Å². The van der Waals surface area contributed by atoms with Crippen molar-refractivity contribution in [3.63, 3.8) is 0 Å². The predicted octanol–water partition coefficient (Wildman–Crippen LogP) is 2.47. The van der Waals surface area contributed by atoms with Crippen LogP contribution >= 0.6 is 10.8 Å². The Morgan fingerprint density at radius 3 is 2.56 bits per heavy atom. The van der Waals surface area contributed by atoms with Crippen LogP contribution in [-0.2, 0) is 9.15 Å². The Hall–Kier alpha value is 0.220. The topological polar surface area (TPSA) is 66.4 Å². The van der Waals surface area contributed by atoms with Crippen LogP contribution in [0.2, 0.25) is 0 Å². The van der Waals surface area contributed by atoms with Crippen molar-refractivity contribution in [2.45, 2.75) is 52.0 Å². The van der Waals surface area contributed by atoms with E-state index in [1.165, 1.54) is 25.7 Å². The van der Waals surface area contributed by atoms with Gasteiger partial charge in [-0.05, 0) is 24.1 Å². The van der Waals surface area contributed by atoms with Crippen LogP contribution < -0.4 is 5.32 Å². The normalized spacial score (nSPS) is 13.9. The summed E-state index contributed by atoms with van der Waals surface area (Å²) in [7, 11) is -3.30. The second-order valence-corrected chi connectivity index (χ2v) is 7.42. The minimum atomic E-state index is -3.87. The van der Waals surface area contributed by atoms with E-state index in [0.717, 1.165) is 6.42 Å². The average molecular weight is 269 g/mol. The lowest BCUT2D eigenvalue weighted by atomic mass is 10.1. The molecule has 0 aliphatic rings. The summed E-state index contributed by atoms with van der Waals surface area (Å²) < 4.78 is 29.3. The first-order valence-electron chi connectivity index (χ1n) is 5.81. The highest BCUT2D eigenvalue weighted by molar-refractivity contribution is 8.69. The molecule has 1 atom stereocenters. The molecule has 0 aliphatic heterocycles. The van der Waals surface area contributed by atoms with Crippen molar-refractivity contribution in [2.24, 2.45) is 0 Å². The zero-order valence-electron chi connectivity index (χ0n) is 10.1. The van der Waals surface area contributed by atoms with Gasteiger partial charge in [0.2, 0.25) is 0 Å². The highest BCUT2D eigenvalue weighted by Gasteiger charge is 2.05. The van der Waals surface area contributed by atoms with Gasteiger partial charge in [0.1, 0.15) is 0 Å². The van der Waals surface area contributed by atoms with Gasteiger partial charge in [0.05, 0.1) is 0 Å². The van der Waals surface area contributed by atoms with Gasteiger partial charge in [-0.15, -0.1) is 0 Å². The smallest absolute Gasteiger partial charge is 0.313 e. The van der Waals surface area contributed by atoms with Crippen LogP contribution in [-0.4, -0.2) is 31.3 Å². The summed E-state index contributed by atoms with van der Waals surface area (Å²) in [5, 5.41) is 3.24. The number of nitrogens with one attached hydrogen (secondary N) is 1. The van der Waals surface area contributed by atoms with Crippen LogP contribution in [0.5, 0.6) is 0 Å². The summed E-state index contributed by atoms with van der Waals surface area (Å²) in [6.07, 6.45) is 6.13. The van der Waals surface area contributed by atoms with Gasteiger partial charge < -0.3 is 5.32 Å². The molecule has 0 fully saturated rings. The monoisotopic (exact) mass is 269 g/mol. The van der Waals surface area contributed by atoms with Crippen molar-refractivity contribution in [1.82, 2.24) is 5.32 Å². The molecule has 16 heavy (non-hydrogen) atoms. The van der Waals surface area contributed by atoms with Crippen LogP contribution in [0, 0.1) is 0 Å². The summed E-state index contributed by atoms with van der Waals surface area (Å²) in [5.41, 5.74) is 0. The molecule has 98 valence electrons. The van der Waals surface area contributed by atoms with E-state index in [1.54, 1.807) is 0 Å². The van der Waals surface area contributed by atoms with Crippen molar-refractivity contribution in [1.29, 1.82) is 0 Å². The van der Waals surface area contributed by atoms with Crippen molar-refractivity contribution >= 4 is 19.9 Å². The Kier molecular flexibility index (Phi) is 9.40. The molecule has 0 amide bonds. The molecule has 0 aliphatic carbocycles. The van der Waals surface area contributed by atoms with Gasteiger partial charge >= 0.3 is 9.15 Å². The molecule has 0 aromatic heterocycles. The molecule has 2 N–H and O–H groups in total. The van der Waals surface area contributed by atoms with E-state index in [-0.39, 0.29) is 0 Å². The molecule has 0 saturated heterocycles. The summed E-state index contributed by atoms with van der Waals surface area (Å²) in [5.74, 6) is 0.387. The zero-order chi connectivity index (χ0) is 12.4. The van der Waals surface area contributed by atoms with E-state index in [1.807, 2.05) is 0 Å². The first-order chi connectivity index (χ1) is 7.45. The standard InChI is InChI=1S/C10H23NO3S2/c1-3-4-5-6-7-10(2)11-8-9-15-16(12,13)14/h10-11H,3-9H2,1-2H3,(H,12,13,14)/t10-/m1/s1. The molecule has 0 aromatic rings. The minimum absolute atomic E-state index is 0.387. The Labute approximate surface area is 103 Å². The lowest BCUT2D eigenvalue weighted by molar-refractivity contribution is 0.495. The largest absolute Gasteiger partial charge is 0.319 e. The van der Waals surface area contributed by atoms with Gasteiger partial charge in [0, 0.05) is 18.3 Å². The average Bonchev–Trinajstić information content (AvgIpc) is 2.18. The molecule has 0 rings (SSSR count). The highest BCUT2D eigenvalue weighted by atomic mass is 33.1. The van der Waals surface area contributed by atoms with E-state index in [2.05, 4.69) is 19.2 Å². The summed E-state index contributed by atoms with van der Waals surface area (Å²) in [4.78, 5) is 0. The zero-order valence-corrected chi connectivity index (χ0v) is 11.7. The molecule has 0 saturated carbocycles. The maximum absolute atomic E-state index is 10.4. The van der Waals surface area contributed by atoms with Crippen LogP contribution in [0.4, 0.5) is 0 Å². The van der Waals surface area contributed by atoms with E-state index in [9.17, 15) is 8.42 Å². The third-order valence-corrected chi connectivity index (χ3v) is 4.38. The Morgan fingerprint density at radius 1 is 1.31 bits per heavy atom. The molecular formula is C10H23NO3S2. The van der Waals surface area contributed by atoms with Crippen LogP contribution in [0.3, 0.4) is 0 Å². The third kappa shape index (κ3) is 12.3. The fourth-order valence-electron chi connectivity index (χ4n) is 1.43. The van der Waals surface area contributed by atoms with Crippen molar-refractivity contribution in [2.75, 3.05) is 12.3 Å². The van der Waals surface area contributed by atoms with Gasteiger partial charge in [0.25, 0.3) is 0 Å². The van der Waals surface area contributed by atoms with Crippen LogP contribution in [0.15, 0.2) is 0 Å². The Morgan fingerprint density at radius 2 is 2.00 bits per heavy atom. The molecule has 0 bridgehead atoms. The van der Waals surface area contributed by atoms with E-state index < -0.39 is 9.15 Å². The fraction of sp³-hybridized carbons (Fsp3) is 1.00. The van der Waals surface area contributed by atoms with Crippen molar-refractivity contribution in [3.8, 4) is 0 Å². The first-order valence-corrected chi connectivity index (χ1v) is 8.75. The molecule has 0 aromatic carbocycles. The minimum Gasteiger partial charge on any atom is -0.313 e. The molecule has 4 nitrogen and oxygen atoms in total. The van der Waals surface area contributed by atoms with Gasteiger partial charge in [-0.1, -0.05) is 32.6 Å². The molecular weight excluding hydrogens is 246 g/mol. The maximum Gasteiger partial charge on any atom is 0.319 e. The predicted molar refractivity (Wildman–Crippen MR) is 70.2 cm³/mol. The Balaban J connectivity index is 3.33. The Bertz CT molecular complexity index is 255. The number of rotatable bonds is 10. The second kappa shape index (κ2) is 9.27. The van der Waals surface area contributed by atoms with E-state index in [0.29, 0.717) is 29.1 Å². The summed E-state index contributed by atoms with van der Waals surface area (Å²) in [6.45, 7) is 4.90. The van der Waals surface area contributed by atoms with Gasteiger partial charge in [0.15, 0.2) is 0 Å². The van der Waals surface area contributed by atoms with Crippen LogP contribution in [0.1, 0.15) is 46.0 Å². The lowest BCUT2D eigenvalue weighted by Gasteiger charge is -2.12. The molecule has 0 unspecified atom stereocenters. The van der Waals surface area contributed by atoms with E-state index >= 15 is 0 Å². The van der Waals surface area contributed by atoms with Gasteiger partial charge in [-0.25, -0.2) is 0 Å². The maximum atomic E-state index is 10.4. The first kappa shape index (κ1) is 16.2. The SMILES string of the molecule is CCCCCC[C@@H](C)NCCSS(=O)(=O)O. The molecule has 0 spiro atoms. The number of hydrogen-bond donors (Lipinski definition) is 2. The number of hydrogen-bond acceptors (Lipinski definition) is 4. The molecule has 0 heterocycles. The van der Waals surface area contributed by atoms with Gasteiger partial charge in [-0.2, -0.15) is 8.42 Å². The molecule has 0 radical (unpaired) electrons. The van der Waals surface area contributed by atoms with E-state index in [4.69, 9.17) is 4.55 Å². The lowest BCUT2D eigenvalue weighted by Crippen LogP contribution is -2.28. The quantitative estimate of drug-likeness (QED) is 0.362. The van der Waals surface area contributed by atoms with Crippen LogP contribution in [0.25, 0.3) is 0 Å². The third-order valence-electron chi connectivity index (χ3n) is 2.32. The summed E-state index contributed by atoms with van der Waals surface area (Å²) >= 11 is 0. The number of unbranched alkanes of at least 4 members (excludes halogenated alkanes) is 3. The van der Waals surface area contributed by atoms with Crippen molar-refractivity contribution in [3.05, 3.63) is 0 Å². The molecule has 6 heteroatoms. The van der Waals surface area contributed by atoms with Gasteiger partial charge in [-0.3, -0.25) is 4.55 Å². The highest BCUT2D eigenvalue weighted by Crippen LogP contribution is 2.08. The fourth-order valence-corrected chi connectivity index (χ4v) is 2.73. The summed E-state index contributed by atoms with van der Waals surface area (Å²) in [6, 6.07) is 0.416. The second-order valence-electron chi connectivity index (χ2n) is 3.95.